The number of amides is 2. The molecular weight excluding hydrogens is 376 g/mol. The number of rotatable bonds is 9. The maximum atomic E-state index is 12.5. The van der Waals surface area contributed by atoms with E-state index in [1.54, 1.807) is 13.8 Å². The van der Waals surface area contributed by atoms with Crippen molar-refractivity contribution in [2.24, 2.45) is 5.92 Å². The maximum Gasteiger partial charge on any atom is 0.322 e. The molecule has 0 spiro atoms. The summed E-state index contributed by atoms with van der Waals surface area (Å²) >= 11 is 0. The second kappa shape index (κ2) is 9.81. The summed E-state index contributed by atoms with van der Waals surface area (Å²) < 4.78 is 26.1. The van der Waals surface area contributed by atoms with Gasteiger partial charge >= 0.3 is 5.97 Å². The van der Waals surface area contributed by atoms with Crippen LogP contribution in [-0.2, 0) is 24.4 Å². The van der Waals surface area contributed by atoms with Crippen molar-refractivity contribution in [3.05, 3.63) is 12.7 Å². The fourth-order valence-corrected chi connectivity index (χ4v) is 3.78. The lowest BCUT2D eigenvalue weighted by Crippen LogP contribution is -2.60. The number of carbonyl (C=O) groups is 3. The van der Waals surface area contributed by atoms with Crippen LogP contribution in [0.2, 0.25) is 0 Å². The molecule has 11 heteroatoms. The minimum atomic E-state index is -3.72. The Kier molecular flexibility index (Phi) is 8.38. The number of sulfonamides is 1. The molecule has 0 aromatic heterocycles. The van der Waals surface area contributed by atoms with Gasteiger partial charge in [-0.05, 0) is 25.7 Å². The third kappa shape index (κ3) is 6.92. The molecule has 0 aromatic rings. The second-order valence-electron chi connectivity index (χ2n) is 6.79. The van der Waals surface area contributed by atoms with Gasteiger partial charge in [0.2, 0.25) is 15.9 Å². The molecule has 1 aliphatic rings. The fourth-order valence-electron chi connectivity index (χ4n) is 2.61. The van der Waals surface area contributed by atoms with E-state index in [1.807, 2.05) is 0 Å². The molecule has 3 atom stereocenters. The molecule has 0 bridgehead atoms. The molecule has 1 rings (SSSR count). The van der Waals surface area contributed by atoms with Crippen LogP contribution in [-0.4, -0.2) is 66.7 Å². The van der Waals surface area contributed by atoms with Crippen LogP contribution in [0.4, 0.5) is 0 Å². The third-order valence-electron chi connectivity index (χ3n) is 4.07. The molecule has 3 unspecified atom stereocenters. The predicted molar refractivity (Wildman–Crippen MR) is 98.9 cm³/mol. The highest BCUT2D eigenvalue weighted by molar-refractivity contribution is 7.89. The van der Waals surface area contributed by atoms with E-state index < -0.39 is 45.9 Å². The Morgan fingerprint density at radius 3 is 2.48 bits per heavy atom. The summed E-state index contributed by atoms with van der Waals surface area (Å²) in [5.41, 5.74) is 2.62. The van der Waals surface area contributed by atoms with Gasteiger partial charge in [0, 0.05) is 6.54 Å². The summed E-state index contributed by atoms with van der Waals surface area (Å²) in [7, 11) is -3.72. The van der Waals surface area contributed by atoms with Crippen molar-refractivity contribution in [2.45, 2.75) is 51.7 Å². The number of carboxylic acid groups (broad SMARTS) is 1. The Morgan fingerprint density at radius 2 is 1.96 bits per heavy atom. The average Bonchev–Trinajstić information content (AvgIpc) is 2.58. The number of nitrogens with one attached hydrogen (secondary N) is 3. The molecule has 4 N–H and O–H groups in total. The molecule has 154 valence electrons. The molecule has 0 saturated carbocycles. The normalized spacial score (nSPS) is 20.0. The predicted octanol–water partition coefficient (Wildman–Crippen LogP) is -0.799. The van der Waals surface area contributed by atoms with Crippen LogP contribution < -0.4 is 15.5 Å². The quantitative estimate of drug-likeness (QED) is 0.368. The molecule has 1 fully saturated rings. The molecular formula is C16H28N4O6S. The zero-order valence-corrected chi connectivity index (χ0v) is 16.6. The van der Waals surface area contributed by atoms with Gasteiger partial charge in [0.1, 0.15) is 18.1 Å². The second-order valence-corrected chi connectivity index (χ2v) is 8.59. The van der Waals surface area contributed by atoms with Crippen molar-refractivity contribution in [3.8, 4) is 0 Å². The van der Waals surface area contributed by atoms with Gasteiger partial charge < -0.3 is 10.4 Å². The Balaban J connectivity index is 2.76. The van der Waals surface area contributed by atoms with E-state index in [4.69, 9.17) is 5.11 Å². The van der Waals surface area contributed by atoms with Crippen LogP contribution in [0.25, 0.3) is 0 Å². The minimum Gasteiger partial charge on any atom is -0.480 e. The van der Waals surface area contributed by atoms with Crippen molar-refractivity contribution in [1.29, 1.82) is 0 Å². The monoisotopic (exact) mass is 404 g/mol. The van der Waals surface area contributed by atoms with Crippen LogP contribution in [0.5, 0.6) is 0 Å². The van der Waals surface area contributed by atoms with E-state index in [0.29, 0.717) is 19.4 Å². The first kappa shape index (κ1) is 23.1. The van der Waals surface area contributed by atoms with Crippen LogP contribution in [0.15, 0.2) is 12.7 Å². The molecule has 2 amide bonds. The summed E-state index contributed by atoms with van der Waals surface area (Å²) in [6.45, 7) is 8.50. The third-order valence-corrected chi connectivity index (χ3v) is 5.36. The highest BCUT2D eigenvalue weighted by atomic mass is 32.2. The zero-order chi connectivity index (χ0) is 20.8. The van der Waals surface area contributed by atoms with E-state index in [-0.39, 0.29) is 11.7 Å². The van der Waals surface area contributed by atoms with Gasteiger partial charge in [0.15, 0.2) is 0 Å². The van der Waals surface area contributed by atoms with Gasteiger partial charge in [-0.3, -0.25) is 19.4 Å². The Hall–Kier alpha value is -1.98. The van der Waals surface area contributed by atoms with Crippen LogP contribution in [0, 0.1) is 5.92 Å². The molecule has 0 aliphatic carbocycles. The molecule has 1 saturated heterocycles. The standard InChI is InChI=1S/C16H28N4O6S/c1-5-9-27(25,26)19-13(10(2)3)14(21)17-11(4)15(22)20-8-6-7-12(18-20)16(23)24/h5,10-13,18-19H,1,6-9H2,2-4H3,(H,17,21)(H,23,24). The average molecular weight is 404 g/mol. The lowest BCUT2D eigenvalue weighted by Gasteiger charge is -2.34. The van der Waals surface area contributed by atoms with Crippen LogP contribution >= 0.6 is 0 Å². The molecule has 10 nitrogen and oxygen atoms in total. The highest BCUT2D eigenvalue weighted by Crippen LogP contribution is 2.10. The number of carboxylic acids is 1. The Bertz CT molecular complexity index is 678. The van der Waals surface area contributed by atoms with E-state index in [1.165, 1.54) is 18.0 Å². The number of hydrogen-bond acceptors (Lipinski definition) is 6. The fraction of sp³-hybridized carbons (Fsp3) is 0.688. The SMILES string of the molecule is C=CCS(=O)(=O)NC(C(=O)NC(C)C(=O)N1CCCC(C(=O)O)N1)C(C)C. The van der Waals surface area contributed by atoms with Crippen LogP contribution in [0.1, 0.15) is 33.6 Å². The lowest BCUT2D eigenvalue weighted by molar-refractivity contribution is -0.148. The van der Waals surface area contributed by atoms with Crippen molar-refractivity contribution in [2.75, 3.05) is 12.3 Å². The topological polar surface area (TPSA) is 145 Å². The molecule has 0 aromatic carbocycles. The maximum absolute atomic E-state index is 12.5. The Morgan fingerprint density at radius 1 is 1.33 bits per heavy atom. The summed E-state index contributed by atoms with van der Waals surface area (Å²) in [5.74, 6) is -2.86. The molecule has 27 heavy (non-hydrogen) atoms. The van der Waals surface area contributed by atoms with E-state index in [2.05, 4.69) is 22.0 Å². The molecule has 0 radical (unpaired) electrons. The van der Waals surface area contributed by atoms with Crippen LogP contribution in [0.3, 0.4) is 0 Å². The van der Waals surface area contributed by atoms with Crippen molar-refractivity contribution in [1.82, 2.24) is 20.5 Å². The number of aliphatic carboxylic acids is 1. The first-order valence-corrected chi connectivity index (χ1v) is 10.3. The first-order chi connectivity index (χ1) is 12.5. The zero-order valence-electron chi connectivity index (χ0n) is 15.8. The van der Waals surface area contributed by atoms with Gasteiger partial charge in [-0.1, -0.05) is 19.9 Å². The number of nitrogens with zero attached hydrogens (tertiary/aromatic N) is 1. The van der Waals surface area contributed by atoms with E-state index in [0.717, 1.165) is 0 Å². The molecule has 1 heterocycles. The largest absolute Gasteiger partial charge is 0.480 e. The van der Waals surface area contributed by atoms with Crippen molar-refractivity contribution >= 4 is 27.8 Å². The summed E-state index contributed by atoms with van der Waals surface area (Å²) in [5, 5.41) is 12.7. The number of hydrazine groups is 1. The van der Waals surface area contributed by atoms with Crippen molar-refractivity contribution in [3.63, 3.8) is 0 Å². The van der Waals surface area contributed by atoms with Gasteiger partial charge in [-0.15, -0.1) is 6.58 Å². The minimum absolute atomic E-state index is 0.322. The summed E-state index contributed by atoms with van der Waals surface area (Å²) in [6, 6.07) is -2.87. The van der Waals surface area contributed by atoms with Gasteiger partial charge in [-0.25, -0.2) is 18.6 Å². The van der Waals surface area contributed by atoms with E-state index in [9.17, 15) is 22.8 Å². The summed E-state index contributed by atoms with van der Waals surface area (Å²) in [4.78, 5) is 36.1. The molecule has 1 aliphatic heterocycles. The van der Waals surface area contributed by atoms with Gasteiger partial charge in [0.25, 0.3) is 5.91 Å². The smallest absolute Gasteiger partial charge is 0.322 e. The Labute approximate surface area is 159 Å². The first-order valence-electron chi connectivity index (χ1n) is 8.70. The van der Waals surface area contributed by atoms with Crippen molar-refractivity contribution < 1.29 is 27.9 Å². The van der Waals surface area contributed by atoms with Gasteiger partial charge in [0.05, 0.1) is 5.75 Å². The van der Waals surface area contributed by atoms with Gasteiger partial charge in [-0.2, -0.15) is 0 Å². The number of hydrogen-bond donors (Lipinski definition) is 4. The lowest BCUT2D eigenvalue weighted by atomic mass is 10.0. The van der Waals surface area contributed by atoms with E-state index >= 15 is 0 Å². The number of carbonyl (C=O) groups excluding carboxylic acids is 2. The summed E-state index contributed by atoms with van der Waals surface area (Å²) in [6.07, 6.45) is 2.14. The highest BCUT2D eigenvalue weighted by Gasteiger charge is 2.33.